The molecule has 4 heteroatoms. The van der Waals surface area contributed by atoms with Crippen LogP contribution in [-0.4, -0.2) is 12.1 Å². The standard InChI is InChI=1S/C12H17ClN2O/c1-16-11-9(5-6-10(13)15-11)12(14)7-3-2-4-8-12/h5-6H,2-4,7-8,14H2,1H3. The van der Waals surface area contributed by atoms with E-state index in [1.54, 1.807) is 13.2 Å². The minimum Gasteiger partial charge on any atom is -0.481 e. The zero-order valence-corrected chi connectivity index (χ0v) is 10.3. The number of hydrogen-bond donors (Lipinski definition) is 1. The van der Waals surface area contributed by atoms with Crippen LogP contribution in [0.15, 0.2) is 12.1 Å². The maximum absolute atomic E-state index is 6.44. The van der Waals surface area contributed by atoms with Crippen molar-refractivity contribution in [3.63, 3.8) is 0 Å². The molecule has 0 unspecified atom stereocenters. The summed E-state index contributed by atoms with van der Waals surface area (Å²) < 4.78 is 5.27. The molecular weight excluding hydrogens is 224 g/mol. The normalized spacial score (nSPS) is 19.4. The molecule has 1 aromatic heterocycles. The van der Waals surface area contributed by atoms with Crippen LogP contribution in [0.4, 0.5) is 0 Å². The maximum Gasteiger partial charge on any atom is 0.219 e. The Balaban J connectivity index is 2.37. The lowest BCUT2D eigenvalue weighted by Crippen LogP contribution is -2.39. The van der Waals surface area contributed by atoms with Crippen molar-refractivity contribution in [2.24, 2.45) is 5.73 Å². The summed E-state index contributed by atoms with van der Waals surface area (Å²) in [5, 5.41) is 0.444. The Morgan fingerprint density at radius 3 is 2.62 bits per heavy atom. The molecule has 0 atom stereocenters. The molecule has 1 aliphatic rings. The molecule has 1 heterocycles. The van der Waals surface area contributed by atoms with Crippen molar-refractivity contribution in [2.45, 2.75) is 37.6 Å². The average molecular weight is 241 g/mol. The number of ether oxygens (including phenoxy) is 1. The van der Waals surface area contributed by atoms with Crippen LogP contribution in [0.3, 0.4) is 0 Å². The Labute approximate surface area is 101 Å². The van der Waals surface area contributed by atoms with Gasteiger partial charge in [-0.3, -0.25) is 0 Å². The molecule has 0 radical (unpaired) electrons. The molecule has 0 bridgehead atoms. The van der Waals surface area contributed by atoms with Gasteiger partial charge in [0, 0.05) is 11.1 Å². The second-order valence-corrected chi connectivity index (χ2v) is 4.79. The molecule has 1 aromatic rings. The van der Waals surface area contributed by atoms with Gasteiger partial charge in [0.1, 0.15) is 5.15 Å². The van der Waals surface area contributed by atoms with E-state index in [0.29, 0.717) is 11.0 Å². The summed E-state index contributed by atoms with van der Waals surface area (Å²) in [5.41, 5.74) is 7.14. The zero-order valence-electron chi connectivity index (χ0n) is 9.50. The first kappa shape index (κ1) is 11.7. The lowest BCUT2D eigenvalue weighted by Gasteiger charge is -2.34. The molecule has 2 N–H and O–H groups in total. The number of rotatable bonds is 2. The Morgan fingerprint density at radius 2 is 2.00 bits per heavy atom. The second kappa shape index (κ2) is 4.60. The fraction of sp³-hybridized carbons (Fsp3) is 0.583. The second-order valence-electron chi connectivity index (χ2n) is 4.41. The number of halogens is 1. The molecule has 1 aliphatic carbocycles. The van der Waals surface area contributed by atoms with Gasteiger partial charge in [0.05, 0.1) is 7.11 Å². The van der Waals surface area contributed by atoms with Crippen LogP contribution in [0.5, 0.6) is 5.88 Å². The minimum atomic E-state index is -0.290. The highest BCUT2D eigenvalue weighted by Crippen LogP contribution is 2.38. The summed E-state index contributed by atoms with van der Waals surface area (Å²) >= 11 is 5.85. The molecule has 1 fully saturated rings. The third kappa shape index (κ3) is 2.15. The lowest BCUT2D eigenvalue weighted by molar-refractivity contribution is 0.285. The first-order valence-corrected chi connectivity index (χ1v) is 6.03. The van der Waals surface area contributed by atoms with E-state index < -0.39 is 0 Å². The Bertz CT molecular complexity index is 375. The van der Waals surface area contributed by atoms with Gasteiger partial charge < -0.3 is 10.5 Å². The van der Waals surface area contributed by atoms with Crippen LogP contribution < -0.4 is 10.5 Å². The Kier molecular flexibility index (Phi) is 3.36. The smallest absolute Gasteiger partial charge is 0.219 e. The molecule has 0 amide bonds. The molecule has 0 spiro atoms. The monoisotopic (exact) mass is 240 g/mol. The van der Waals surface area contributed by atoms with E-state index in [4.69, 9.17) is 22.1 Å². The van der Waals surface area contributed by atoms with E-state index in [1.165, 1.54) is 19.3 Å². The van der Waals surface area contributed by atoms with Crippen LogP contribution in [-0.2, 0) is 5.54 Å². The molecule has 0 aliphatic heterocycles. The molecule has 88 valence electrons. The molecular formula is C12H17ClN2O. The molecule has 1 saturated carbocycles. The van der Waals surface area contributed by atoms with Crippen molar-refractivity contribution in [2.75, 3.05) is 7.11 Å². The highest BCUT2D eigenvalue weighted by Gasteiger charge is 2.32. The van der Waals surface area contributed by atoms with Gasteiger partial charge >= 0.3 is 0 Å². The van der Waals surface area contributed by atoms with Gasteiger partial charge in [-0.05, 0) is 25.0 Å². The summed E-state index contributed by atoms with van der Waals surface area (Å²) in [6, 6.07) is 3.72. The highest BCUT2D eigenvalue weighted by atomic mass is 35.5. The molecule has 2 rings (SSSR count). The highest BCUT2D eigenvalue weighted by molar-refractivity contribution is 6.29. The Morgan fingerprint density at radius 1 is 1.31 bits per heavy atom. The van der Waals surface area contributed by atoms with Crippen molar-refractivity contribution in [3.05, 3.63) is 22.8 Å². The number of hydrogen-bond acceptors (Lipinski definition) is 3. The van der Waals surface area contributed by atoms with Gasteiger partial charge in [0.25, 0.3) is 0 Å². The minimum absolute atomic E-state index is 0.290. The van der Waals surface area contributed by atoms with Crippen molar-refractivity contribution < 1.29 is 4.74 Å². The van der Waals surface area contributed by atoms with E-state index in [0.717, 1.165) is 18.4 Å². The van der Waals surface area contributed by atoms with Crippen LogP contribution in [0.1, 0.15) is 37.7 Å². The topological polar surface area (TPSA) is 48.1 Å². The molecule has 16 heavy (non-hydrogen) atoms. The van der Waals surface area contributed by atoms with Gasteiger partial charge in [0.2, 0.25) is 5.88 Å². The quantitative estimate of drug-likeness (QED) is 0.809. The molecule has 3 nitrogen and oxygen atoms in total. The maximum atomic E-state index is 6.44. The number of methoxy groups -OCH3 is 1. The predicted octanol–water partition coefficient (Wildman–Crippen LogP) is 2.86. The van der Waals surface area contributed by atoms with E-state index in [-0.39, 0.29) is 5.54 Å². The summed E-state index contributed by atoms with van der Waals surface area (Å²) in [6.07, 6.45) is 5.59. The van der Waals surface area contributed by atoms with Crippen LogP contribution in [0, 0.1) is 0 Å². The van der Waals surface area contributed by atoms with Crippen molar-refractivity contribution >= 4 is 11.6 Å². The van der Waals surface area contributed by atoms with Crippen molar-refractivity contribution in [1.82, 2.24) is 4.98 Å². The average Bonchev–Trinajstić information content (AvgIpc) is 2.29. The molecule has 0 saturated heterocycles. The lowest BCUT2D eigenvalue weighted by atomic mass is 9.78. The Hall–Kier alpha value is -0.800. The molecule has 0 aromatic carbocycles. The first-order chi connectivity index (χ1) is 7.65. The number of nitrogens with two attached hydrogens (primary N) is 1. The predicted molar refractivity (Wildman–Crippen MR) is 64.7 cm³/mol. The van der Waals surface area contributed by atoms with Crippen molar-refractivity contribution in [3.8, 4) is 5.88 Å². The third-order valence-corrected chi connectivity index (χ3v) is 3.51. The summed E-state index contributed by atoms with van der Waals surface area (Å²) in [5.74, 6) is 0.567. The van der Waals surface area contributed by atoms with Gasteiger partial charge in [-0.15, -0.1) is 0 Å². The van der Waals surface area contributed by atoms with Crippen LogP contribution in [0.2, 0.25) is 5.15 Å². The van der Waals surface area contributed by atoms with Gasteiger partial charge in [0.15, 0.2) is 0 Å². The van der Waals surface area contributed by atoms with E-state index in [1.807, 2.05) is 6.07 Å². The van der Waals surface area contributed by atoms with Crippen LogP contribution >= 0.6 is 11.6 Å². The number of pyridine rings is 1. The largest absolute Gasteiger partial charge is 0.481 e. The fourth-order valence-electron chi connectivity index (χ4n) is 2.40. The van der Waals surface area contributed by atoms with Crippen molar-refractivity contribution in [1.29, 1.82) is 0 Å². The summed E-state index contributed by atoms with van der Waals surface area (Å²) in [6.45, 7) is 0. The number of aromatic nitrogens is 1. The summed E-state index contributed by atoms with van der Waals surface area (Å²) in [4.78, 5) is 4.18. The van der Waals surface area contributed by atoms with Gasteiger partial charge in [-0.25, -0.2) is 4.98 Å². The van der Waals surface area contributed by atoms with E-state index in [2.05, 4.69) is 4.98 Å². The van der Waals surface area contributed by atoms with Gasteiger partial charge in [-0.1, -0.05) is 30.9 Å². The third-order valence-electron chi connectivity index (χ3n) is 3.30. The SMILES string of the molecule is COc1nc(Cl)ccc1C1(N)CCCCC1. The number of nitrogens with zero attached hydrogens (tertiary/aromatic N) is 1. The van der Waals surface area contributed by atoms with Crippen LogP contribution in [0.25, 0.3) is 0 Å². The van der Waals surface area contributed by atoms with E-state index in [9.17, 15) is 0 Å². The van der Waals surface area contributed by atoms with E-state index >= 15 is 0 Å². The zero-order chi connectivity index (χ0) is 11.6. The van der Waals surface area contributed by atoms with Gasteiger partial charge in [-0.2, -0.15) is 0 Å². The fourth-order valence-corrected chi connectivity index (χ4v) is 2.54. The first-order valence-electron chi connectivity index (χ1n) is 5.66. The summed E-state index contributed by atoms with van der Waals surface area (Å²) in [7, 11) is 1.61.